The van der Waals surface area contributed by atoms with Gasteiger partial charge in [-0.1, -0.05) is 0 Å². The molecule has 3 nitrogen and oxygen atoms in total. The van der Waals surface area contributed by atoms with Gasteiger partial charge >= 0.3 is 0 Å². The Labute approximate surface area is 64.0 Å². The topological polar surface area (TPSA) is 34.1 Å². The van der Waals surface area contributed by atoms with Crippen molar-refractivity contribution in [3.63, 3.8) is 0 Å². The summed E-state index contributed by atoms with van der Waals surface area (Å²) in [7, 11) is 1.74. The van der Waals surface area contributed by atoms with E-state index in [0.29, 0.717) is 6.61 Å². The molecule has 10 heavy (non-hydrogen) atoms. The maximum absolute atomic E-state index is 4.93. The van der Waals surface area contributed by atoms with Crippen molar-refractivity contribution < 1.29 is 4.84 Å². The van der Waals surface area contributed by atoms with Gasteiger partial charge in [0.25, 0.3) is 0 Å². The number of nitrogens with one attached hydrogen (secondary N) is 1. The smallest absolute Gasteiger partial charge is 0.111 e. The molecule has 0 radical (unpaired) electrons. The lowest BCUT2D eigenvalue weighted by Crippen LogP contribution is -2.06. The highest BCUT2D eigenvalue weighted by molar-refractivity contribution is 7.09. The molecule has 0 aliphatic heterocycles. The SMILES string of the molecule is CNOCc1csc(C)n1. The molecule has 56 valence electrons. The van der Waals surface area contributed by atoms with E-state index in [2.05, 4.69) is 10.5 Å². The largest absolute Gasteiger partial charge is 0.296 e. The molecular weight excluding hydrogens is 148 g/mol. The Balaban J connectivity index is 2.42. The second-order valence-corrected chi connectivity index (χ2v) is 2.91. The number of hydrogen-bond acceptors (Lipinski definition) is 4. The minimum absolute atomic E-state index is 0.542. The molecule has 0 saturated heterocycles. The zero-order valence-corrected chi connectivity index (χ0v) is 6.86. The minimum Gasteiger partial charge on any atom is -0.296 e. The number of hydroxylamine groups is 1. The Hall–Kier alpha value is -0.450. The van der Waals surface area contributed by atoms with E-state index in [9.17, 15) is 0 Å². The Kier molecular flexibility index (Phi) is 2.80. The molecule has 0 unspecified atom stereocenters. The normalized spacial score (nSPS) is 10.2. The number of aryl methyl sites for hydroxylation is 1. The summed E-state index contributed by atoms with van der Waals surface area (Å²) in [5.41, 5.74) is 3.57. The third-order valence-corrected chi connectivity index (χ3v) is 1.85. The Morgan fingerprint density at radius 1 is 1.80 bits per heavy atom. The molecule has 1 rings (SSSR count). The maximum Gasteiger partial charge on any atom is 0.111 e. The van der Waals surface area contributed by atoms with Gasteiger partial charge in [-0.05, 0) is 6.92 Å². The Bertz CT molecular complexity index is 199. The average Bonchev–Trinajstić information content (AvgIpc) is 2.31. The first kappa shape index (κ1) is 7.65. The number of aromatic nitrogens is 1. The predicted molar refractivity (Wildman–Crippen MR) is 40.7 cm³/mol. The number of rotatable bonds is 3. The molecule has 4 heteroatoms. The summed E-state index contributed by atoms with van der Waals surface area (Å²) < 4.78 is 0. The van der Waals surface area contributed by atoms with E-state index in [4.69, 9.17) is 4.84 Å². The summed E-state index contributed by atoms with van der Waals surface area (Å²) in [6.45, 7) is 2.52. The Morgan fingerprint density at radius 2 is 2.60 bits per heavy atom. The van der Waals surface area contributed by atoms with Crippen molar-refractivity contribution in [2.75, 3.05) is 7.05 Å². The van der Waals surface area contributed by atoms with Gasteiger partial charge in [0, 0.05) is 12.4 Å². The maximum atomic E-state index is 4.93. The van der Waals surface area contributed by atoms with Crippen molar-refractivity contribution in [1.29, 1.82) is 0 Å². The zero-order chi connectivity index (χ0) is 7.40. The van der Waals surface area contributed by atoms with E-state index in [0.717, 1.165) is 10.7 Å². The molecule has 0 fully saturated rings. The highest BCUT2D eigenvalue weighted by Crippen LogP contribution is 2.07. The van der Waals surface area contributed by atoms with Crippen LogP contribution in [0.2, 0.25) is 0 Å². The molecule has 0 aromatic carbocycles. The summed E-state index contributed by atoms with van der Waals surface area (Å²) in [4.78, 5) is 9.13. The molecule has 0 amide bonds. The van der Waals surface area contributed by atoms with Gasteiger partial charge in [-0.3, -0.25) is 4.84 Å². The van der Waals surface area contributed by atoms with Gasteiger partial charge in [-0.25, -0.2) is 10.5 Å². The fourth-order valence-electron chi connectivity index (χ4n) is 0.621. The lowest BCUT2D eigenvalue weighted by atomic mass is 10.5. The van der Waals surface area contributed by atoms with Crippen LogP contribution in [-0.4, -0.2) is 12.0 Å². The summed E-state index contributed by atoms with van der Waals surface area (Å²) in [6.07, 6.45) is 0. The second kappa shape index (κ2) is 3.65. The van der Waals surface area contributed by atoms with Crippen molar-refractivity contribution >= 4 is 11.3 Å². The van der Waals surface area contributed by atoms with Crippen LogP contribution in [-0.2, 0) is 11.4 Å². The molecule has 1 N–H and O–H groups in total. The van der Waals surface area contributed by atoms with Crippen molar-refractivity contribution in [3.8, 4) is 0 Å². The quantitative estimate of drug-likeness (QED) is 0.669. The molecular formula is C6H10N2OS. The highest BCUT2D eigenvalue weighted by atomic mass is 32.1. The van der Waals surface area contributed by atoms with Crippen LogP contribution in [0.3, 0.4) is 0 Å². The number of thiazole rings is 1. The first-order valence-corrected chi connectivity index (χ1v) is 3.90. The van der Waals surface area contributed by atoms with E-state index in [1.165, 1.54) is 0 Å². The summed E-state index contributed by atoms with van der Waals surface area (Å²) in [5, 5.41) is 3.07. The van der Waals surface area contributed by atoms with Gasteiger partial charge in [0.05, 0.1) is 10.7 Å². The fourth-order valence-corrected chi connectivity index (χ4v) is 1.22. The van der Waals surface area contributed by atoms with Gasteiger partial charge in [-0.15, -0.1) is 11.3 Å². The van der Waals surface area contributed by atoms with Crippen molar-refractivity contribution in [1.82, 2.24) is 10.5 Å². The lowest BCUT2D eigenvalue weighted by molar-refractivity contribution is 0.0427. The monoisotopic (exact) mass is 158 g/mol. The van der Waals surface area contributed by atoms with E-state index in [-0.39, 0.29) is 0 Å². The van der Waals surface area contributed by atoms with E-state index >= 15 is 0 Å². The lowest BCUT2D eigenvalue weighted by Gasteiger charge is -1.95. The first-order chi connectivity index (χ1) is 4.83. The van der Waals surface area contributed by atoms with Gasteiger partial charge < -0.3 is 0 Å². The van der Waals surface area contributed by atoms with E-state index in [1.807, 2.05) is 12.3 Å². The molecule has 1 heterocycles. The van der Waals surface area contributed by atoms with Gasteiger partial charge in [0.1, 0.15) is 6.61 Å². The zero-order valence-electron chi connectivity index (χ0n) is 6.05. The van der Waals surface area contributed by atoms with Crippen LogP contribution in [0, 0.1) is 6.92 Å². The highest BCUT2D eigenvalue weighted by Gasteiger charge is 1.95. The minimum atomic E-state index is 0.542. The number of hydrogen-bond donors (Lipinski definition) is 1. The first-order valence-electron chi connectivity index (χ1n) is 3.02. The van der Waals surface area contributed by atoms with Crippen LogP contribution in [0.5, 0.6) is 0 Å². The standard InChI is InChI=1S/C6H10N2OS/c1-5-8-6(4-10-5)3-9-7-2/h4,7H,3H2,1-2H3. The third-order valence-electron chi connectivity index (χ3n) is 1.03. The van der Waals surface area contributed by atoms with Crippen LogP contribution < -0.4 is 5.48 Å². The Morgan fingerprint density at radius 3 is 3.10 bits per heavy atom. The van der Waals surface area contributed by atoms with Gasteiger partial charge in [0.15, 0.2) is 0 Å². The molecule has 0 aliphatic rings. The van der Waals surface area contributed by atoms with E-state index in [1.54, 1.807) is 18.4 Å². The molecule has 0 aliphatic carbocycles. The van der Waals surface area contributed by atoms with Crippen LogP contribution in [0.4, 0.5) is 0 Å². The van der Waals surface area contributed by atoms with Gasteiger partial charge in [-0.2, -0.15) is 0 Å². The second-order valence-electron chi connectivity index (χ2n) is 1.85. The third kappa shape index (κ3) is 2.06. The van der Waals surface area contributed by atoms with E-state index < -0.39 is 0 Å². The molecule has 0 saturated carbocycles. The summed E-state index contributed by atoms with van der Waals surface area (Å²) in [6, 6.07) is 0. The molecule has 1 aromatic rings. The van der Waals surface area contributed by atoms with Crippen molar-refractivity contribution in [2.24, 2.45) is 0 Å². The predicted octanol–water partition coefficient (Wildman–Crippen LogP) is 1.10. The molecule has 0 bridgehead atoms. The summed E-state index contributed by atoms with van der Waals surface area (Å²) in [5.74, 6) is 0. The average molecular weight is 158 g/mol. The molecule has 1 aromatic heterocycles. The summed E-state index contributed by atoms with van der Waals surface area (Å²) >= 11 is 1.64. The number of nitrogens with zero attached hydrogens (tertiary/aromatic N) is 1. The van der Waals surface area contributed by atoms with Crippen LogP contribution in [0.25, 0.3) is 0 Å². The molecule has 0 spiro atoms. The van der Waals surface area contributed by atoms with Crippen LogP contribution in [0.1, 0.15) is 10.7 Å². The van der Waals surface area contributed by atoms with Crippen molar-refractivity contribution in [3.05, 3.63) is 16.1 Å². The molecule has 0 atom stereocenters. The fraction of sp³-hybridized carbons (Fsp3) is 0.500. The van der Waals surface area contributed by atoms with Crippen molar-refractivity contribution in [2.45, 2.75) is 13.5 Å². The van der Waals surface area contributed by atoms with Crippen LogP contribution in [0.15, 0.2) is 5.38 Å². The van der Waals surface area contributed by atoms with Gasteiger partial charge in [0.2, 0.25) is 0 Å². The van der Waals surface area contributed by atoms with Crippen LogP contribution >= 0.6 is 11.3 Å².